The molecular formula is C23H20ClFN4O2. The van der Waals surface area contributed by atoms with Crippen LogP contribution in [-0.4, -0.2) is 29.0 Å². The molecule has 0 saturated carbocycles. The second kappa shape index (κ2) is 8.15. The molecule has 1 saturated heterocycles. The Balaban J connectivity index is 1.34. The number of hydrogen-bond donors (Lipinski definition) is 1. The summed E-state index contributed by atoms with van der Waals surface area (Å²) in [5, 5.41) is 4.18. The van der Waals surface area contributed by atoms with Crippen molar-refractivity contribution in [2.24, 2.45) is 5.92 Å². The highest BCUT2D eigenvalue weighted by Gasteiger charge is 2.28. The number of piperidine rings is 1. The van der Waals surface area contributed by atoms with Crippen molar-refractivity contribution in [3.63, 3.8) is 0 Å². The van der Waals surface area contributed by atoms with Gasteiger partial charge in [0.15, 0.2) is 11.4 Å². The van der Waals surface area contributed by atoms with E-state index in [0.29, 0.717) is 28.5 Å². The third-order valence-electron chi connectivity index (χ3n) is 5.70. The molecule has 158 valence electrons. The number of anilines is 1. The van der Waals surface area contributed by atoms with E-state index in [1.807, 2.05) is 24.3 Å². The number of furan rings is 1. The Morgan fingerprint density at radius 1 is 1.26 bits per heavy atom. The molecule has 1 atom stereocenters. The summed E-state index contributed by atoms with van der Waals surface area (Å²) in [5.74, 6) is 0.0624. The molecule has 2 aromatic heterocycles. The number of para-hydroxylation sites is 1. The van der Waals surface area contributed by atoms with Crippen LogP contribution in [0.25, 0.3) is 22.1 Å². The summed E-state index contributed by atoms with van der Waals surface area (Å²) >= 11 is 6.07. The van der Waals surface area contributed by atoms with E-state index in [9.17, 15) is 9.18 Å². The predicted octanol–water partition coefficient (Wildman–Crippen LogP) is 4.70. The number of nitrogens with one attached hydrogen (secondary N) is 1. The average Bonchev–Trinajstić information content (AvgIpc) is 3.17. The van der Waals surface area contributed by atoms with Gasteiger partial charge in [-0.05, 0) is 42.7 Å². The van der Waals surface area contributed by atoms with E-state index in [4.69, 9.17) is 16.0 Å². The molecule has 0 aliphatic carbocycles. The van der Waals surface area contributed by atoms with Gasteiger partial charge in [-0.3, -0.25) is 4.79 Å². The van der Waals surface area contributed by atoms with E-state index < -0.39 is 5.82 Å². The molecule has 0 radical (unpaired) electrons. The van der Waals surface area contributed by atoms with E-state index in [1.54, 1.807) is 12.4 Å². The Morgan fingerprint density at radius 2 is 2.13 bits per heavy atom. The second-order valence-electron chi connectivity index (χ2n) is 7.71. The molecular weight excluding hydrogens is 419 g/mol. The minimum atomic E-state index is -0.398. The first-order chi connectivity index (χ1) is 15.1. The minimum Gasteiger partial charge on any atom is -0.450 e. The summed E-state index contributed by atoms with van der Waals surface area (Å²) in [6.45, 7) is 1.58. The molecule has 1 amide bonds. The number of amides is 1. The number of nitrogens with zero attached hydrogens (tertiary/aromatic N) is 3. The zero-order chi connectivity index (χ0) is 21.4. The van der Waals surface area contributed by atoms with E-state index in [2.05, 4.69) is 20.2 Å². The van der Waals surface area contributed by atoms with Gasteiger partial charge in [-0.15, -0.1) is 0 Å². The van der Waals surface area contributed by atoms with Gasteiger partial charge in [0.25, 0.3) is 0 Å². The van der Waals surface area contributed by atoms with Crippen LogP contribution in [0.1, 0.15) is 18.4 Å². The van der Waals surface area contributed by atoms with Gasteiger partial charge in [-0.1, -0.05) is 29.8 Å². The number of rotatable bonds is 4. The van der Waals surface area contributed by atoms with E-state index in [0.717, 1.165) is 35.9 Å². The van der Waals surface area contributed by atoms with Gasteiger partial charge in [-0.2, -0.15) is 0 Å². The number of carbonyl (C=O) groups excluding carboxylic acids is 1. The molecule has 31 heavy (non-hydrogen) atoms. The van der Waals surface area contributed by atoms with Crippen LogP contribution in [-0.2, 0) is 11.3 Å². The van der Waals surface area contributed by atoms with Crippen molar-refractivity contribution >= 4 is 45.4 Å². The van der Waals surface area contributed by atoms with Crippen LogP contribution in [0.15, 0.2) is 53.2 Å². The minimum absolute atomic E-state index is 0.0556. The second-order valence-corrected chi connectivity index (χ2v) is 8.12. The van der Waals surface area contributed by atoms with Crippen LogP contribution in [0.4, 0.5) is 10.2 Å². The Kier molecular flexibility index (Phi) is 5.19. The first-order valence-corrected chi connectivity index (χ1v) is 10.6. The van der Waals surface area contributed by atoms with Crippen LogP contribution >= 0.6 is 11.6 Å². The van der Waals surface area contributed by atoms with Gasteiger partial charge in [0.1, 0.15) is 23.2 Å². The molecule has 1 aliphatic rings. The average molecular weight is 439 g/mol. The van der Waals surface area contributed by atoms with Crippen LogP contribution in [0.5, 0.6) is 0 Å². The molecule has 2 aromatic carbocycles. The van der Waals surface area contributed by atoms with Gasteiger partial charge < -0.3 is 14.6 Å². The molecule has 1 aliphatic heterocycles. The van der Waals surface area contributed by atoms with Crippen molar-refractivity contribution in [2.75, 3.05) is 18.0 Å². The molecule has 8 heteroatoms. The molecule has 1 unspecified atom stereocenters. The molecule has 1 fully saturated rings. The molecule has 5 rings (SSSR count). The maximum atomic E-state index is 13.2. The highest BCUT2D eigenvalue weighted by molar-refractivity contribution is 6.31. The monoisotopic (exact) mass is 438 g/mol. The van der Waals surface area contributed by atoms with Gasteiger partial charge in [0.2, 0.25) is 5.91 Å². The highest BCUT2D eigenvalue weighted by atomic mass is 35.5. The zero-order valence-corrected chi connectivity index (χ0v) is 17.4. The zero-order valence-electron chi connectivity index (χ0n) is 16.6. The molecule has 6 nitrogen and oxygen atoms in total. The van der Waals surface area contributed by atoms with Gasteiger partial charge in [-0.25, -0.2) is 14.4 Å². The van der Waals surface area contributed by atoms with Crippen LogP contribution in [0.3, 0.4) is 0 Å². The first kappa shape index (κ1) is 19.8. The Bertz CT molecular complexity index is 1280. The highest BCUT2D eigenvalue weighted by Crippen LogP contribution is 2.33. The lowest BCUT2D eigenvalue weighted by atomic mass is 9.97. The summed E-state index contributed by atoms with van der Waals surface area (Å²) in [7, 11) is 0. The lowest BCUT2D eigenvalue weighted by Crippen LogP contribution is -2.43. The third kappa shape index (κ3) is 3.81. The van der Waals surface area contributed by atoms with Crippen molar-refractivity contribution in [2.45, 2.75) is 19.4 Å². The summed E-state index contributed by atoms with van der Waals surface area (Å²) in [4.78, 5) is 23.8. The van der Waals surface area contributed by atoms with E-state index >= 15 is 0 Å². The van der Waals surface area contributed by atoms with Crippen LogP contribution in [0, 0.1) is 11.7 Å². The largest absolute Gasteiger partial charge is 0.450 e. The standard InChI is InChI=1S/C23H20ClFN4O2/c24-18-10-16(25)8-7-14(18)11-26-23(30)15-4-3-9-29(12-15)22-21-20(27-13-28-22)17-5-1-2-6-19(17)31-21/h1-2,5-8,10,13,15H,3-4,9,11-12H2,(H,26,30). The fourth-order valence-electron chi connectivity index (χ4n) is 4.11. The Morgan fingerprint density at radius 3 is 3.00 bits per heavy atom. The number of carbonyl (C=O) groups is 1. The smallest absolute Gasteiger partial charge is 0.225 e. The summed E-state index contributed by atoms with van der Waals surface area (Å²) in [6.07, 6.45) is 3.19. The van der Waals surface area contributed by atoms with Gasteiger partial charge >= 0.3 is 0 Å². The quantitative estimate of drug-likeness (QED) is 0.500. The Hall–Kier alpha value is -3.19. The molecule has 4 aromatic rings. The van der Waals surface area contributed by atoms with Crippen molar-refractivity contribution in [1.82, 2.24) is 15.3 Å². The van der Waals surface area contributed by atoms with E-state index in [1.165, 1.54) is 12.1 Å². The lowest BCUT2D eigenvalue weighted by Gasteiger charge is -2.32. The fraction of sp³-hybridized carbons (Fsp3) is 0.261. The van der Waals surface area contributed by atoms with Crippen molar-refractivity contribution < 1.29 is 13.6 Å². The first-order valence-electron chi connectivity index (χ1n) is 10.2. The maximum Gasteiger partial charge on any atom is 0.225 e. The normalized spacial score (nSPS) is 16.7. The van der Waals surface area contributed by atoms with Crippen LogP contribution in [0.2, 0.25) is 5.02 Å². The number of aromatic nitrogens is 2. The van der Waals surface area contributed by atoms with Crippen molar-refractivity contribution in [3.8, 4) is 0 Å². The molecule has 0 spiro atoms. The Labute approximate surface area is 183 Å². The topological polar surface area (TPSA) is 71.3 Å². The number of halogens is 2. The molecule has 1 N–H and O–H groups in total. The number of benzene rings is 2. The SMILES string of the molecule is O=C(NCc1ccc(F)cc1Cl)C1CCCN(c2ncnc3c2oc2ccccc23)C1. The maximum absolute atomic E-state index is 13.2. The van der Waals surface area contributed by atoms with Crippen LogP contribution < -0.4 is 10.2 Å². The fourth-order valence-corrected chi connectivity index (χ4v) is 4.35. The lowest BCUT2D eigenvalue weighted by molar-refractivity contribution is -0.125. The number of hydrogen-bond acceptors (Lipinski definition) is 5. The van der Waals surface area contributed by atoms with Gasteiger partial charge in [0, 0.05) is 30.0 Å². The molecule has 3 heterocycles. The number of fused-ring (bicyclic) bond motifs is 3. The van der Waals surface area contributed by atoms with E-state index in [-0.39, 0.29) is 18.4 Å². The van der Waals surface area contributed by atoms with Crippen molar-refractivity contribution in [3.05, 3.63) is 65.2 Å². The third-order valence-corrected chi connectivity index (χ3v) is 6.05. The summed E-state index contributed by atoms with van der Waals surface area (Å²) < 4.78 is 19.3. The van der Waals surface area contributed by atoms with Crippen molar-refractivity contribution in [1.29, 1.82) is 0 Å². The predicted molar refractivity (Wildman–Crippen MR) is 118 cm³/mol. The van der Waals surface area contributed by atoms with Gasteiger partial charge in [0.05, 0.1) is 5.92 Å². The summed E-state index contributed by atoms with van der Waals surface area (Å²) in [6, 6.07) is 11.9. The molecule has 0 bridgehead atoms. The summed E-state index contributed by atoms with van der Waals surface area (Å²) in [5.41, 5.74) is 2.87.